The van der Waals surface area contributed by atoms with E-state index >= 15 is 0 Å². The second-order valence-electron chi connectivity index (χ2n) is 8.89. The molecule has 0 spiro atoms. The predicted octanol–water partition coefficient (Wildman–Crippen LogP) is 3.05. The molecule has 1 aromatic rings. The van der Waals surface area contributed by atoms with Crippen molar-refractivity contribution in [3.63, 3.8) is 0 Å². The zero-order chi connectivity index (χ0) is 23.1. The number of guanidine groups is 1. The van der Waals surface area contributed by atoms with Crippen molar-refractivity contribution in [2.24, 2.45) is 22.1 Å². The molecule has 0 aromatic carbocycles. The molecule has 2 heterocycles. The number of piperidine rings is 1. The highest BCUT2D eigenvalue weighted by molar-refractivity contribution is 14.0. The van der Waals surface area contributed by atoms with Crippen molar-refractivity contribution in [2.45, 2.75) is 71.6 Å². The number of carbonyl (C=O) groups is 1. The van der Waals surface area contributed by atoms with Gasteiger partial charge in [-0.15, -0.1) is 24.0 Å². The number of nitrogens with two attached hydrogens (primary N) is 1. The number of nitrogens with one attached hydrogen (secondary N) is 2. The first kappa shape index (κ1) is 27.6. The van der Waals surface area contributed by atoms with Gasteiger partial charge in [0.15, 0.2) is 5.96 Å². The summed E-state index contributed by atoms with van der Waals surface area (Å²) in [7, 11) is 1.81. The Kier molecular flexibility index (Phi) is 10.7. The number of primary amides is 1. The Morgan fingerprint density at radius 3 is 2.58 bits per heavy atom. The van der Waals surface area contributed by atoms with Gasteiger partial charge in [0.25, 0.3) is 0 Å². The van der Waals surface area contributed by atoms with Crippen LogP contribution in [0.5, 0.6) is 0 Å². The fraction of sp³-hybridized carbons (Fsp3) is 0.708. The summed E-state index contributed by atoms with van der Waals surface area (Å²) in [6.07, 6.45) is 6.86. The molecule has 2 fully saturated rings. The number of aliphatic imine (C=N–C) groups is 1. The fourth-order valence-electron chi connectivity index (χ4n) is 5.35. The number of pyridine rings is 1. The number of hydrogen-bond acceptors (Lipinski definition) is 5. The van der Waals surface area contributed by atoms with E-state index in [1.807, 2.05) is 19.3 Å². The van der Waals surface area contributed by atoms with Gasteiger partial charge in [-0.05, 0) is 45.1 Å². The van der Waals surface area contributed by atoms with Gasteiger partial charge >= 0.3 is 0 Å². The lowest BCUT2D eigenvalue weighted by molar-refractivity contribution is -0.133. The lowest BCUT2D eigenvalue weighted by Gasteiger charge is -2.55. The summed E-state index contributed by atoms with van der Waals surface area (Å²) in [6, 6.07) is 4.41. The van der Waals surface area contributed by atoms with Crippen molar-refractivity contribution in [3.05, 3.63) is 23.9 Å². The largest absolute Gasteiger partial charge is 0.378 e. The summed E-state index contributed by atoms with van der Waals surface area (Å²) in [5.74, 6) is 1.55. The summed E-state index contributed by atoms with van der Waals surface area (Å²) >= 11 is 0. The van der Waals surface area contributed by atoms with E-state index in [1.165, 1.54) is 0 Å². The molecule has 2 atom stereocenters. The standard InChI is InChI=1S/C24H40N6O2.HI/c1-5-24(6-2)19(15-20(24)32-7-3)29-23(26-4)28-16-18-9-8-12-27-22(18)30-13-10-17(11-14-30)21(25)31;/h8-9,12,17,19-20H,5-7,10-11,13-16H2,1-4H3,(H2,25,31)(H2,26,28,29);1H. The molecule has 186 valence electrons. The normalized spacial score (nSPS) is 22.8. The summed E-state index contributed by atoms with van der Waals surface area (Å²) in [5.41, 5.74) is 6.75. The molecule has 8 nitrogen and oxygen atoms in total. The Morgan fingerprint density at radius 1 is 1.30 bits per heavy atom. The van der Waals surface area contributed by atoms with Crippen LogP contribution in [-0.2, 0) is 16.1 Å². The molecule has 1 aliphatic heterocycles. The van der Waals surface area contributed by atoms with Gasteiger partial charge < -0.3 is 26.0 Å². The second kappa shape index (κ2) is 12.7. The SMILES string of the molecule is CCOC1CC(NC(=NC)NCc2cccnc2N2CCC(C(N)=O)CC2)C1(CC)CC.I. The van der Waals surface area contributed by atoms with Crippen LogP contribution >= 0.6 is 24.0 Å². The number of ether oxygens (including phenoxy) is 1. The number of amides is 1. The first-order valence-corrected chi connectivity index (χ1v) is 12.1. The fourth-order valence-corrected chi connectivity index (χ4v) is 5.35. The van der Waals surface area contributed by atoms with Crippen molar-refractivity contribution in [3.8, 4) is 0 Å². The van der Waals surface area contributed by atoms with E-state index in [4.69, 9.17) is 10.5 Å². The van der Waals surface area contributed by atoms with E-state index in [2.05, 4.69) is 52.3 Å². The second-order valence-corrected chi connectivity index (χ2v) is 8.89. The smallest absolute Gasteiger partial charge is 0.220 e. The van der Waals surface area contributed by atoms with Crippen LogP contribution < -0.4 is 21.3 Å². The van der Waals surface area contributed by atoms with Gasteiger partial charge in [0.1, 0.15) is 5.82 Å². The molecule has 33 heavy (non-hydrogen) atoms. The summed E-state index contributed by atoms with van der Waals surface area (Å²) in [4.78, 5) is 22.9. The van der Waals surface area contributed by atoms with Gasteiger partial charge in [0.05, 0.1) is 6.10 Å². The first-order valence-electron chi connectivity index (χ1n) is 12.1. The van der Waals surface area contributed by atoms with Crippen molar-refractivity contribution >= 4 is 41.7 Å². The number of rotatable bonds is 9. The molecule has 1 aromatic heterocycles. The van der Waals surface area contributed by atoms with Gasteiger partial charge in [-0.2, -0.15) is 0 Å². The third-order valence-corrected chi connectivity index (χ3v) is 7.51. The lowest BCUT2D eigenvalue weighted by atomic mass is 9.58. The van der Waals surface area contributed by atoms with Crippen molar-refractivity contribution in [1.82, 2.24) is 15.6 Å². The third-order valence-electron chi connectivity index (χ3n) is 7.51. The van der Waals surface area contributed by atoms with Gasteiger partial charge in [0.2, 0.25) is 5.91 Å². The number of anilines is 1. The highest BCUT2D eigenvalue weighted by atomic mass is 127. The average Bonchev–Trinajstić information content (AvgIpc) is 2.81. The minimum atomic E-state index is -0.194. The van der Waals surface area contributed by atoms with Crippen LogP contribution in [0, 0.1) is 11.3 Å². The molecule has 2 unspecified atom stereocenters. The summed E-state index contributed by atoms with van der Waals surface area (Å²) in [6.45, 7) is 9.55. The maximum absolute atomic E-state index is 11.5. The van der Waals surface area contributed by atoms with Crippen LogP contribution in [0.25, 0.3) is 0 Å². The molecule has 1 aliphatic carbocycles. The molecular weight excluding hydrogens is 531 g/mol. The Labute approximate surface area is 215 Å². The molecule has 1 saturated heterocycles. The van der Waals surface area contributed by atoms with E-state index in [-0.39, 0.29) is 41.2 Å². The Morgan fingerprint density at radius 2 is 2.00 bits per heavy atom. The molecule has 2 aliphatic rings. The zero-order valence-electron chi connectivity index (χ0n) is 20.5. The number of halogens is 1. The zero-order valence-corrected chi connectivity index (χ0v) is 22.8. The maximum atomic E-state index is 11.5. The van der Waals surface area contributed by atoms with Crippen molar-refractivity contribution in [1.29, 1.82) is 0 Å². The molecule has 1 amide bonds. The molecule has 9 heteroatoms. The Hall–Kier alpha value is -1.62. The topological polar surface area (TPSA) is 105 Å². The van der Waals surface area contributed by atoms with E-state index in [1.54, 1.807) is 0 Å². The number of nitrogens with zero attached hydrogens (tertiary/aromatic N) is 3. The average molecular weight is 573 g/mol. The van der Waals surface area contributed by atoms with Crippen LogP contribution in [0.3, 0.4) is 0 Å². The first-order chi connectivity index (χ1) is 15.5. The van der Waals surface area contributed by atoms with Crippen molar-refractivity contribution in [2.75, 3.05) is 31.6 Å². The predicted molar refractivity (Wildman–Crippen MR) is 144 cm³/mol. The van der Waals surface area contributed by atoms with Crippen molar-refractivity contribution < 1.29 is 9.53 Å². The highest BCUT2D eigenvalue weighted by Gasteiger charge is 2.53. The van der Waals surface area contributed by atoms with Crippen LogP contribution in [0.4, 0.5) is 5.82 Å². The molecule has 4 N–H and O–H groups in total. The van der Waals surface area contributed by atoms with E-state index in [0.29, 0.717) is 18.7 Å². The van der Waals surface area contributed by atoms with Gasteiger partial charge in [-0.25, -0.2) is 4.98 Å². The van der Waals surface area contributed by atoms with Crippen LogP contribution in [0.15, 0.2) is 23.3 Å². The summed E-state index contributed by atoms with van der Waals surface area (Å²) < 4.78 is 6.01. The van der Waals surface area contributed by atoms with E-state index in [0.717, 1.165) is 69.1 Å². The molecule has 0 bridgehead atoms. The van der Waals surface area contributed by atoms with Crippen LogP contribution in [0.1, 0.15) is 58.4 Å². The number of hydrogen-bond donors (Lipinski definition) is 3. The minimum absolute atomic E-state index is 0. The van der Waals surface area contributed by atoms with E-state index in [9.17, 15) is 4.79 Å². The van der Waals surface area contributed by atoms with E-state index < -0.39 is 0 Å². The minimum Gasteiger partial charge on any atom is -0.378 e. The lowest BCUT2D eigenvalue weighted by Crippen LogP contribution is -2.65. The third kappa shape index (κ3) is 6.09. The highest BCUT2D eigenvalue weighted by Crippen LogP contribution is 2.48. The van der Waals surface area contributed by atoms with Crippen LogP contribution in [-0.4, -0.2) is 55.7 Å². The van der Waals surface area contributed by atoms with Gasteiger partial charge in [0, 0.05) is 62.4 Å². The molecule has 3 rings (SSSR count). The van der Waals surface area contributed by atoms with Gasteiger partial charge in [-0.3, -0.25) is 9.79 Å². The number of aromatic nitrogens is 1. The Balaban J connectivity index is 0.00000385. The molecular formula is C24H41IN6O2. The summed E-state index contributed by atoms with van der Waals surface area (Å²) in [5, 5.41) is 7.13. The molecule has 1 saturated carbocycles. The number of carbonyl (C=O) groups excluding carboxylic acids is 1. The molecule has 0 radical (unpaired) electrons. The maximum Gasteiger partial charge on any atom is 0.220 e. The Bertz CT molecular complexity index is 793. The van der Waals surface area contributed by atoms with Gasteiger partial charge in [-0.1, -0.05) is 19.9 Å². The quantitative estimate of drug-likeness (QED) is 0.239. The van der Waals surface area contributed by atoms with Crippen LogP contribution in [0.2, 0.25) is 0 Å². The monoisotopic (exact) mass is 572 g/mol.